The van der Waals surface area contributed by atoms with E-state index in [0.29, 0.717) is 12.2 Å². The lowest BCUT2D eigenvalue weighted by Crippen LogP contribution is -2.43. The number of nitrogens with one attached hydrogen (secondary N) is 3. The van der Waals surface area contributed by atoms with E-state index in [4.69, 9.17) is 0 Å². The number of nitrogens with zero attached hydrogens (tertiary/aromatic N) is 2. The Morgan fingerprint density at radius 3 is 2.74 bits per heavy atom. The lowest BCUT2D eigenvalue weighted by atomic mass is 10.3. The molecule has 1 aromatic carbocycles. The lowest BCUT2D eigenvalue weighted by molar-refractivity contribution is -0.120. The summed E-state index contributed by atoms with van der Waals surface area (Å²) in [6, 6.07) is 4.25. The average molecular weight is 319 g/mol. The van der Waals surface area contributed by atoms with Gasteiger partial charge in [-0.25, -0.2) is 9.18 Å². The van der Waals surface area contributed by atoms with Crippen LogP contribution in [-0.2, 0) is 11.3 Å². The summed E-state index contributed by atoms with van der Waals surface area (Å²) in [6.45, 7) is 4.27. The fraction of sp³-hybridized carbons (Fsp3) is 0.267. The summed E-state index contributed by atoms with van der Waals surface area (Å²) in [6.07, 6.45) is 3.34. The van der Waals surface area contributed by atoms with E-state index in [9.17, 15) is 14.0 Å². The van der Waals surface area contributed by atoms with Gasteiger partial charge < -0.3 is 10.6 Å². The van der Waals surface area contributed by atoms with Crippen molar-refractivity contribution in [1.82, 2.24) is 15.1 Å². The molecule has 0 aliphatic carbocycles. The largest absolute Gasteiger partial charge is 0.371 e. The zero-order valence-electron chi connectivity index (χ0n) is 12.8. The standard InChI is InChI=1S/C15H18FN5O2/c1-3-21-9-11(8-17-21)18-10(2)14(22)20-15(23)19-13-7-5-4-6-12(13)16/h4-10,18H,3H2,1-2H3,(H2,19,20,22,23). The molecule has 0 saturated heterocycles. The number of anilines is 2. The highest BCUT2D eigenvalue weighted by Crippen LogP contribution is 2.12. The Labute approximate surface area is 132 Å². The summed E-state index contributed by atoms with van der Waals surface area (Å²) < 4.78 is 15.1. The molecule has 8 heteroatoms. The van der Waals surface area contributed by atoms with Crippen LogP contribution in [0.15, 0.2) is 36.7 Å². The van der Waals surface area contributed by atoms with Crippen molar-refractivity contribution in [2.24, 2.45) is 0 Å². The maximum Gasteiger partial charge on any atom is 0.326 e. The number of hydrogen-bond acceptors (Lipinski definition) is 4. The molecule has 2 aromatic rings. The molecule has 7 nitrogen and oxygen atoms in total. The normalized spacial score (nSPS) is 11.6. The van der Waals surface area contributed by atoms with Gasteiger partial charge in [-0.3, -0.25) is 14.8 Å². The first kappa shape index (κ1) is 16.5. The molecule has 3 amide bonds. The highest BCUT2D eigenvalue weighted by molar-refractivity contribution is 6.03. The number of aromatic nitrogens is 2. The van der Waals surface area contributed by atoms with Crippen molar-refractivity contribution in [3.05, 3.63) is 42.5 Å². The zero-order chi connectivity index (χ0) is 16.8. The topological polar surface area (TPSA) is 88.0 Å². The van der Waals surface area contributed by atoms with Gasteiger partial charge >= 0.3 is 6.03 Å². The van der Waals surface area contributed by atoms with Crippen LogP contribution in [0.5, 0.6) is 0 Å². The van der Waals surface area contributed by atoms with E-state index in [1.165, 1.54) is 18.2 Å². The molecule has 2 rings (SSSR count). The maximum absolute atomic E-state index is 13.4. The van der Waals surface area contributed by atoms with Gasteiger partial charge in [-0.2, -0.15) is 5.10 Å². The van der Waals surface area contributed by atoms with E-state index < -0.39 is 23.8 Å². The predicted octanol–water partition coefficient (Wildman–Crippen LogP) is 2.19. The van der Waals surface area contributed by atoms with Gasteiger partial charge in [0.05, 0.1) is 17.6 Å². The maximum atomic E-state index is 13.4. The third-order valence-electron chi connectivity index (χ3n) is 3.09. The van der Waals surface area contributed by atoms with E-state index in [1.54, 1.807) is 30.1 Å². The minimum absolute atomic E-state index is 0.00244. The Bertz CT molecular complexity index is 701. The molecule has 0 fully saturated rings. The van der Waals surface area contributed by atoms with Gasteiger partial charge in [0.2, 0.25) is 5.91 Å². The number of para-hydroxylation sites is 1. The van der Waals surface area contributed by atoms with Crippen LogP contribution in [0.25, 0.3) is 0 Å². The van der Waals surface area contributed by atoms with Crippen molar-refractivity contribution in [3.8, 4) is 0 Å². The van der Waals surface area contributed by atoms with Crippen LogP contribution < -0.4 is 16.0 Å². The highest BCUT2D eigenvalue weighted by Gasteiger charge is 2.17. The Hall–Kier alpha value is -2.90. The molecule has 0 aliphatic rings. The van der Waals surface area contributed by atoms with Gasteiger partial charge in [-0.1, -0.05) is 12.1 Å². The van der Waals surface area contributed by atoms with Gasteiger partial charge in [0.1, 0.15) is 11.9 Å². The molecule has 1 heterocycles. The Morgan fingerprint density at radius 1 is 1.35 bits per heavy atom. The van der Waals surface area contributed by atoms with E-state index >= 15 is 0 Å². The second-order valence-corrected chi connectivity index (χ2v) is 4.87. The minimum Gasteiger partial charge on any atom is -0.371 e. The molecule has 0 bridgehead atoms. The minimum atomic E-state index is -0.794. The Morgan fingerprint density at radius 2 is 2.09 bits per heavy atom. The lowest BCUT2D eigenvalue weighted by Gasteiger charge is -2.13. The first-order valence-corrected chi connectivity index (χ1v) is 7.15. The van der Waals surface area contributed by atoms with E-state index in [1.807, 2.05) is 6.92 Å². The molecule has 1 aromatic heterocycles. The van der Waals surface area contributed by atoms with Crippen LogP contribution in [0.4, 0.5) is 20.6 Å². The fourth-order valence-corrected chi connectivity index (χ4v) is 1.86. The number of hydrogen-bond donors (Lipinski definition) is 3. The molecule has 0 radical (unpaired) electrons. The van der Waals surface area contributed by atoms with Gasteiger partial charge in [0.15, 0.2) is 0 Å². The molecule has 3 N–H and O–H groups in total. The van der Waals surface area contributed by atoms with Gasteiger partial charge in [-0.05, 0) is 26.0 Å². The molecule has 23 heavy (non-hydrogen) atoms. The van der Waals surface area contributed by atoms with E-state index in [2.05, 4.69) is 21.0 Å². The van der Waals surface area contributed by atoms with E-state index in [0.717, 1.165) is 0 Å². The second kappa shape index (κ2) is 7.39. The van der Waals surface area contributed by atoms with Crippen molar-refractivity contribution >= 4 is 23.3 Å². The number of rotatable bonds is 5. The second-order valence-electron chi connectivity index (χ2n) is 4.87. The van der Waals surface area contributed by atoms with Crippen molar-refractivity contribution in [3.63, 3.8) is 0 Å². The molecule has 1 atom stereocenters. The number of imide groups is 1. The molecule has 1 unspecified atom stereocenters. The number of carbonyl (C=O) groups excluding carboxylic acids is 2. The summed E-state index contributed by atoms with van der Waals surface area (Å²) in [7, 11) is 0. The Kier molecular flexibility index (Phi) is 5.29. The molecule has 0 aliphatic heterocycles. The number of carbonyl (C=O) groups is 2. The summed E-state index contributed by atoms with van der Waals surface area (Å²) in [5, 5.41) is 11.4. The van der Waals surface area contributed by atoms with Crippen LogP contribution in [-0.4, -0.2) is 27.8 Å². The Balaban J connectivity index is 1.87. The first-order valence-electron chi connectivity index (χ1n) is 7.15. The number of urea groups is 1. The molecular formula is C15H18FN5O2. The van der Waals surface area contributed by atoms with Crippen LogP contribution in [0.2, 0.25) is 0 Å². The summed E-state index contributed by atoms with van der Waals surface area (Å²) in [5.74, 6) is -1.11. The number of aryl methyl sites for hydroxylation is 1. The number of benzene rings is 1. The zero-order valence-corrected chi connectivity index (χ0v) is 12.8. The average Bonchev–Trinajstić information content (AvgIpc) is 2.97. The highest BCUT2D eigenvalue weighted by atomic mass is 19.1. The SMILES string of the molecule is CCn1cc(NC(C)C(=O)NC(=O)Nc2ccccc2F)cn1. The summed E-state index contributed by atoms with van der Waals surface area (Å²) in [5.41, 5.74) is 0.673. The molecule has 0 saturated carbocycles. The molecule has 0 spiro atoms. The van der Waals surface area contributed by atoms with Gasteiger partial charge in [-0.15, -0.1) is 0 Å². The summed E-state index contributed by atoms with van der Waals surface area (Å²) in [4.78, 5) is 23.7. The van der Waals surface area contributed by atoms with Gasteiger partial charge in [0, 0.05) is 12.7 Å². The van der Waals surface area contributed by atoms with E-state index in [-0.39, 0.29) is 5.69 Å². The van der Waals surface area contributed by atoms with Crippen LogP contribution in [0, 0.1) is 5.82 Å². The van der Waals surface area contributed by atoms with Crippen molar-refractivity contribution in [1.29, 1.82) is 0 Å². The van der Waals surface area contributed by atoms with Crippen LogP contribution >= 0.6 is 0 Å². The van der Waals surface area contributed by atoms with Crippen LogP contribution in [0.1, 0.15) is 13.8 Å². The van der Waals surface area contributed by atoms with Crippen molar-refractivity contribution < 1.29 is 14.0 Å². The fourth-order valence-electron chi connectivity index (χ4n) is 1.86. The molecular weight excluding hydrogens is 301 g/mol. The summed E-state index contributed by atoms with van der Waals surface area (Å²) >= 11 is 0. The first-order chi connectivity index (χ1) is 11.0. The van der Waals surface area contributed by atoms with Gasteiger partial charge in [0.25, 0.3) is 0 Å². The molecule has 122 valence electrons. The quantitative estimate of drug-likeness (QED) is 0.788. The third-order valence-corrected chi connectivity index (χ3v) is 3.09. The van der Waals surface area contributed by atoms with Crippen molar-refractivity contribution in [2.75, 3.05) is 10.6 Å². The van der Waals surface area contributed by atoms with Crippen molar-refractivity contribution in [2.45, 2.75) is 26.4 Å². The monoisotopic (exact) mass is 319 g/mol. The smallest absolute Gasteiger partial charge is 0.326 e. The number of amides is 3. The predicted molar refractivity (Wildman–Crippen MR) is 84.5 cm³/mol. The third kappa shape index (κ3) is 4.53. The van der Waals surface area contributed by atoms with Crippen LogP contribution in [0.3, 0.4) is 0 Å². The number of halogens is 1.